The Bertz CT molecular complexity index is 1020. The molecule has 0 saturated carbocycles. The Morgan fingerprint density at radius 3 is 2.62 bits per heavy atom. The van der Waals surface area contributed by atoms with E-state index in [1.807, 2.05) is 30.5 Å². The first-order valence-electron chi connectivity index (χ1n) is 9.97. The first kappa shape index (κ1) is 19.4. The number of carbonyl (C=O) groups is 1. The van der Waals surface area contributed by atoms with Gasteiger partial charge in [0.25, 0.3) is 5.91 Å². The van der Waals surface area contributed by atoms with Gasteiger partial charge in [-0.15, -0.1) is 0 Å². The number of amides is 1. The zero-order chi connectivity index (χ0) is 20.6. The molecule has 0 unspecified atom stereocenters. The molecule has 1 aliphatic rings. The molecule has 4 N–H and O–H groups in total. The van der Waals surface area contributed by atoms with Crippen LogP contribution in [0.5, 0.6) is 0 Å². The number of fused-ring (bicyclic) bond motifs is 1. The van der Waals surface area contributed by atoms with Gasteiger partial charge < -0.3 is 20.9 Å². The third-order valence-corrected chi connectivity index (χ3v) is 5.26. The highest BCUT2D eigenvalue weighted by Gasteiger charge is 2.37. The fourth-order valence-corrected chi connectivity index (χ4v) is 4.57. The number of hydrogen-bond donors (Lipinski definition) is 4. The van der Waals surface area contributed by atoms with Crippen molar-refractivity contribution in [2.75, 3.05) is 10.6 Å². The quantitative estimate of drug-likeness (QED) is 0.540. The second-order valence-electron chi connectivity index (χ2n) is 9.11. The van der Waals surface area contributed by atoms with Crippen LogP contribution in [0, 0.1) is 0 Å². The molecular formula is C22H28N6O. The number of aromatic nitrogens is 3. The third-order valence-electron chi connectivity index (χ3n) is 5.26. The van der Waals surface area contributed by atoms with Crippen molar-refractivity contribution in [3.05, 3.63) is 48.3 Å². The number of anilines is 2. The summed E-state index contributed by atoms with van der Waals surface area (Å²) in [6.07, 6.45) is 5.42. The molecule has 1 saturated heterocycles. The number of benzene rings is 1. The summed E-state index contributed by atoms with van der Waals surface area (Å²) < 4.78 is 0. The van der Waals surface area contributed by atoms with Gasteiger partial charge in [-0.25, -0.2) is 4.98 Å². The van der Waals surface area contributed by atoms with Crippen LogP contribution in [-0.2, 0) is 0 Å². The topological polar surface area (TPSA) is 94.7 Å². The average Bonchev–Trinajstić information content (AvgIpc) is 3.07. The first-order chi connectivity index (χ1) is 13.7. The van der Waals surface area contributed by atoms with Gasteiger partial charge in [-0.3, -0.25) is 4.79 Å². The number of rotatable bonds is 4. The highest BCUT2D eigenvalue weighted by atomic mass is 16.1. The lowest BCUT2D eigenvalue weighted by Gasteiger charge is -2.46. The summed E-state index contributed by atoms with van der Waals surface area (Å²) in [4.78, 5) is 24.8. The zero-order valence-corrected chi connectivity index (χ0v) is 17.3. The number of aromatic amines is 1. The molecule has 1 aromatic carbocycles. The summed E-state index contributed by atoms with van der Waals surface area (Å²) in [6.45, 7) is 8.84. The summed E-state index contributed by atoms with van der Waals surface area (Å²) in [6, 6.07) is 9.47. The first-order valence-corrected chi connectivity index (χ1v) is 9.97. The van der Waals surface area contributed by atoms with Gasteiger partial charge in [0, 0.05) is 46.0 Å². The molecule has 1 amide bonds. The zero-order valence-electron chi connectivity index (χ0n) is 17.3. The maximum Gasteiger partial charge on any atom is 0.257 e. The Hall–Kier alpha value is -2.93. The molecule has 4 rings (SSSR count). The lowest BCUT2D eigenvalue weighted by Crippen LogP contribution is -2.60. The minimum atomic E-state index is -0.191. The predicted octanol–water partition coefficient (Wildman–Crippen LogP) is 3.93. The van der Waals surface area contributed by atoms with Gasteiger partial charge in [-0.1, -0.05) is 6.07 Å². The summed E-state index contributed by atoms with van der Waals surface area (Å²) in [5.41, 5.74) is 1.60. The number of nitrogens with zero attached hydrogens (tertiary/aromatic N) is 2. The van der Waals surface area contributed by atoms with Gasteiger partial charge in [0.05, 0.1) is 0 Å². The second-order valence-corrected chi connectivity index (χ2v) is 9.11. The second kappa shape index (κ2) is 7.15. The number of piperidine rings is 1. The molecule has 2 aromatic heterocycles. The van der Waals surface area contributed by atoms with E-state index in [0.717, 1.165) is 23.7 Å². The lowest BCUT2D eigenvalue weighted by molar-refractivity contribution is 0.102. The molecule has 152 valence electrons. The van der Waals surface area contributed by atoms with Crippen LogP contribution in [0.25, 0.3) is 10.9 Å². The van der Waals surface area contributed by atoms with E-state index in [1.54, 1.807) is 12.3 Å². The Morgan fingerprint density at radius 1 is 1.10 bits per heavy atom. The van der Waals surface area contributed by atoms with E-state index in [-0.39, 0.29) is 23.0 Å². The van der Waals surface area contributed by atoms with E-state index in [9.17, 15) is 4.79 Å². The molecule has 0 atom stereocenters. The summed E-state index contributed by atoms with van der Waals surface area (Å²) in [5, 5.41) is 10.9. The molecule has 0 spiro atoms. The molecule has 3 aromatic rings. The van der Waals surface area contributed by atoms with Crippen molar-refractivity contribution in [2.24, 2.45) is 0 Å². The van der Waals surface area contributed by atoms with Crippen LogP contribution in [0.15, 0.2) is 42.7 Å². The van der Waals surface area contributed by atoms with Crippen molar-refractivity contribution in [1.82, 2.24) is 20.3 Å². The normalized spacial score (nSPS) is 18.5. The van der Waals surface area contributed by atoms with Crippen molar-refractivity contribution in [1.29, 1.82) is 0 Å². The molecule has 1 fully saturated rings. The van der Waals surface area contributed by atoms with E-state index >= 15 is 0 Å². The van der Waals surface area contributed by atoms with Crippen molar-refractivity contribution in [3.63, 3.8) is 0 Å². The third kappa shape index (κ3) is 4.40. The Labute approximate surface area is 170 Å². The number of carbonyl (C=O) groups excluding carboxylic acids is 1. The van der Waals surface area contributed by atoms with E-state index in [1.165, 1.54) is 0 Å². The highest BCUT2D eigenvalue weighted by Crippen LogP contribution is 2.30. The van der Waals surface area contributed by atoms with Crippen molar-refractivity contribution >= 4 is 28.6 Å². The van der Waals surface area contributed by atoms with Gasteiger partial charge in [-0.2, -0.15) is 4.98 Å². The molecule has 1 aliphatic heterocycles. The molecule has 0 radical (unpaired) electrons. The van der Waals surface area contributed by atoms with Crippen molar-refractivity contribution in [3.8, 4) is 0 Å². The molecule has 3 heterocycles. The van der Waals surface area contributed by atoms with Crippen LogP contribution in [0.1, 0.15) is 50.9 Å². The maximum atomic E-state index is 12.8. The lowest BCUT2D eigenvalue weighted by atomic mass is 9.80. The minimum absolute atomic E-state index is 0.0283. The smallest absolute Gasteiger partial charge is 0.257 e. The van der Waals surface area contributed by atoms with Gasteiger partial charge in [0.1, 0.15) is 5.82 Å². The van der Waals surface area contributed by atoms with E-state index in [4.69, 9.17) is 0 Å². The van der Waals surface area contributed by atoms with E-state index < -0.39 is 0 Å². The average molecular weight is 393 g/mol. The van der Waals surface area contributed by atoms with Crippen molar-refractivity contribution in [2.45, 2.75) is 57.7 Å². The predicted molar refractivity (Wildman–Crippen MR) is 116 cm³/mol. The summed E-state index contributed by atoms with van der Waals surface area (Å²) in [5.74, 6) is 0.817. The number of H-pyrrole nitrogens is 1. The monoisotopic (exact) mass is 392 g/mol. The number of nitrogens with one attached hydrogen (secondary N) is 4. The standard InChI is InChI=1S/C22H28N6O/c1-21(2)12-14(13-22(3,4)28-21)25-20-24-11-9-18(27-20)26-19(29)16-6-5-7-17-15(16)8-10-23-17/h5-11,14,23,28H,12-13H2,1-4H3,(H2,24,25,26,27,29). The van der Waals surface area contributed by atoms with Gasteiger partial charge in [0.2, 0.25) is 5.95 Å². The highest BCUT2D eigenvalue weighted by molar-refractivity contribution is 6.12. The molecule has 7 heteroatoms. The summed E-state index contributed by atoms with van der Waals surface area (Å²) >= 11 is 0. The summed E-state index contributed by atoms with van der Waals surface area (Å²) in [7, 11) is 0. The fourth-order valence-electron chi connectivity index (χ4n) is 4.57. The van der Waals surface area contributed by atoms with Crippen LogP contribution >= 0.6 is 0 Å². The fraction of sp³-hybridized carbons (Fsp3) is 0.409. The van der Waals surface area contributed by atoms with Gasteiger partial charge in [-0.05, 0) is 64.8 Å². The minimum Gasteiger partial charge on any atom is -0.361 e. The largest absolute Gasteiger partial charge is 0.361 e. The van der Waals surface area contributed by atoms with E-state index in [2.05, 4.69) is 58.6 Å². The maximum absolute atomic E-state index is 12.8. The number of hydrogen-bond acceptors (Lipinski definition) is 5. The molecule has 7 nitrogen and oxygen atoms in total. The van der Waals surface area contributed by atoms with Crippen LogP contribution < -0.4 is 16.0 Å². The Balaban J connectivity index is 1.49. The van der Waals surface area contributed by atoms with Crippen LogP contribution in [0.4, 0.5) is 11.8 Å². The van der Waals surface area contributed by atoms with Gasteiger partial charge in [0.15, 0.2) is 0 Å². The Kier molecular flexibility index (Phi) is 4.78. The van der Waals surface area contributed by atoms with Crippen molar-refractivity contribution < 1.29 is 4.79 Å². The van der Waals surface area contributed by atoms with Crippen LogP contribution in [-0.4, -0.2) is 38.0 Å². The Morgan fingerprint density at radius 2 is 1.86 bits per heavy atom. The molecule has 0 bridgehead atoms. The van der Waals surface area contributed by atoms with E-state index in [0.29, 0.717) is 17.3 Å². The molecular weight excluding hydrogens is 364 g/mol. The molecule has 0 aliphatic carbocycles. The van der Waals surface area contributed by atoms with Crippen LogP contribution in [0.2, 0.25) is 0 Å². The van der Waals surface area contributed by atoms with Crippen LogP contribution in [0.3, 0.4) is 0 Å². The molecule has 29 heavy (non-hydrogen) atoms. The SMILES string of the molecule is CC1(C)CC(Nc2nccc(NC(=O)c3cccc4[nH]ccc34)n2)CC(C)(C)N1. The van der Waals surface area contributed by atoms with Gasteiger partial charge >= 0.3 is 0 Å².